The number of halogens is 1. The molecule has 0 saturated heterocycles. The standard InChI is InChI=1S/C22H27ClN2O3S/c1-17-15-18(23)13-14-21(17)25(29(27,28)20-11-7-4-8-12-20)16-22(26)24-19-9-5-2-3-6-10-19/h4,7-8,11-15,19H,2-3,5-6,9-10,16H2,1H3,(H,24,26). The van der Waals surface area contributed by atoms with Crippen LogP contribution in [0.25, 0.3) is 0 Å². The van der Waals surface area contributed by atoms with Crippen LogP contribution >= 0.6 is 11.6 Å². The topological polar surface area (TPSA) is 66.5 Å². The third-order valence-electron chi connectivity index (χ3n) is 5.27. The fourth-order valence-electron chi connectivity index (χ4n) is 3.75. The molecule has 1 saturated carbocycles. The van der Waals surface area contributed by atoms with Crippen molar-refractivity contribution in [2.45, 2.75) is 56.4 Å². The third kappa shape index (κ3) is 5.52. The predicted molar refractivity (Wildman–Crippen MR) is 117 cm³/mol. The van der Waals surface area contributed by atoms with Crippen LogP contribution in [0.2, 0.25) is 5.02 Å². The van der Waals surface area contributed by atoms with Crippen LogP contribution in [0.1, 0.15) is 44.1 Å². The van der Waals surface area contributed by atoms with Crippen molar-refractivity contribution in [1.82, 2.24) is 5.32 Å². The van der Waals surface area contributed by atoms with E-state index in [-0.39, 0.29) is 23.4 Å². The van der Waals surface area contributed by atoms with Crippen LogP contribution < -0.4 is 9.62 Å². The highest BCUT2D eigenvalue weighted by Crippen LogP contribution is 2.29. The highest BCUT2D eigenvalue weighted by atomic mass is 35.5. The molecule has 1 aliphatic carbocycles. The van der Waals surface area contributed by atoms with Gasteiger partial charge in [-0.2, -0.15) is 0 Å². The summed E-state index contributed by atoms with van der Waals surface area (Å²) in [6.07, 6.45) is 6.44. The van der Waals surface area contributed by atoms with Crippen LogP contribution in [-0.2, 0) is 14.8 Å². The van der Waals surface area contributed by atoms with Crippen LogP contribution in [0.4, 0.5) is 5.69 Å². The van der Waals surface area contributed by atoms with E-state index in [2.05, 4.69) is 5.32 Å². The van der Waals surface area contributed by atoms with E-state index >= 15 is 0 Å². The molecule has 1 amide bonds. The fraction of sp³-hybridized carbons (Fsp3) is 0.409. The zero-order chi connectivity index (χ0) is 20.9. The summed E-state index contributed by atoms with van der Waals surface area (Å²) < 4.78 is 27.9. The van der Waals surface area contributed by atoms with E-state index in [0.717, 1.165) is 25.7 Å². The van der Waals surface area contributed by atoms with Gasteiger partial charge in [-0.1, -0.05) is 55.5 Å². The van der Waals surface area contributed by atoms with E-state index in [9.17, 15) is 13.2 Å². The van der Waals surface area contributed by atoms with E-state index in [1.807, 2.05) is 0 Å². The summed E-state index contributed by atoms with van der Waals surface area (Å²) in [5.41, 5.74) is 1.15. The van der Waals surface area contributed by atoms with Gasteiger partial charge in [-0.25, -0.2) is 8.42 Å². The first kappa shape index (κ1) is 21.7. The molecule has 5 nitrogen and oxygen atoms in total. The maximum Gasteiger partial charge on any atom is 0.264 e. The Morgan fingerprint density at radius 2 is 1.72 bits per heavy atom. The Kier molecular flexibility index (Phi) is 7.19. The number of carbonyl (C=O) groups is 1. The molecular formula is C22H27ClN2O3S. The summed E-state index contributed by atoms with van der Waals surface area (Å²) >= 11 is 6.06. The van der Waals surface area contributed by atoms with Gasteiger partial charge in [0.2, 0.25) is 5.91 Å². The summed E-state index contributed by atoms with van der Waals surface area (Å²) in [5, 5.41) is 3.56. The first-order valence-corrected chi connectivity index (χ1v) is 11.8. The molecule has 0 spiro atoms. The van der Waals surface area contributed by atoms with Crippen LogP contribution in [0.3, 0.4) is 0 Å². The van der Waals surface area contributed by atoms with E-state index in [4.69, 9.17) is 11.6 Å². The Balaban J connectivity index is 1.89. The quantitative estimate of drug-likeness (QED) is 0.671. The molecule has 0 aliphatic heterocycles. The number of hydrogen-bond donors (Lipinski definition) is 1. The molecule has 7 heteroatoms. The van der Waals surface area contributed by atoms with Crippen LogP contribution in [0.5, 0.6) is 0 Å². The van der Waals surface area contributed by atoms with Crippen LogP contribution in [-0.4, -0.2) is 26.9 Å². The zero-order valence-corrected chi connectivity index (χ0v) is 18.2. The van der Waals surface area contributed by atoms with Crippen molar-refractivity contribution in [2.75, 3.05) is 10.8 Å². The van der Waals surface area contributed by atoms with Crippen molar-refractivity contribution >= 4 is 33.2 Å². The predicted octanol–water partition coefficient (Wildman–Crippen LogP) is 4.68. The molecule has 1 N–H and O–H groups in total. The number of nitrogens with zero attached hydrogens (tertiary/aromatic N) is 1. The smallest absolute Gasteiger partial charge is 0.264 e. The fourth-order valence-corrected chi connectivity index (χ4v) is 5.48. The van der Waals surface area contributed by atoms with Crippen molar-refractivity contribution in [3.8, 4) is 0 Å². The molecule has 1 aliphatic rings. The molecule has 3 rings (SSSR count). The Bertz CT molecular complexity index is 940. The molecule has 0 atom stereocenters. The van der Waals surface area contributed by atoms with Crippen molar-refractivity contribution in [1.29, 1.82) is 0 Å². The van der Waals surface area contributed by atoms with Gasteiger partial charge in [0, 0.05) is 11.1 Å². The maximum absolute atomic E-state index is 13.4. The summed E-state index contributed by atoms with van der Waals surface area (Å²) in [6, 6.07) is 13.3. The molecule has 2 aromatic carbocycles. The van der Waals surface area contributed by atoms with Crippen molar-refractivity contribution in [2.24, 2.45) is 0 Å². The van der Waals surface area contributed by atoms with Gasteiger partial charge in [0.1, 0.15) is 6.54 Å². The lowest BCUT2D eigenvalue weighted by Crippen LogP contribution is -2.44. The molecule has 1 fully saturated rings. The summed E-state index contributed by atoms with van der Waals surface area (Å²) in [6.45, 7) is 1.52. The number of anilines is 1. The Morgan fingerprint density at radius 3 is 2.34 bits per heavy atom. The number of amides is 1. The lowest BCUT2D eigenvalue weighted by Gasteiger charge is -2.27. The number of rotatable bonds is 6. The molecular weight excluding hydrogens is 408 g/mol. The van der Waals surface area contributed by atoms with Crippen LogP contribution in [0.15, 0.2) is 53.4 Å². The number of aryl methyl sites for hydroxylation is 1. The highest BCUT2D eigenvalue weighted by Gasteiger charge is 2.29. The Morgan fingerprint density at radius 1 is 1.07 bits per heavy atom. The molecule has 0 unspecified atom stereocenters. The molecule has 0 bridgehead atoms. The van der Waals surface area contributed by atoms with Gasteiger partial charge in [0.15, 0.2) is 0 Å². The van der Waals surface area contributed by atoms with Crippen molar-refractivity contribution in [3.05, 3.63) is 59.1 Å². The monoisotopic (exact) mass is 434 g/mol. The van der Waals surface area contributed by atoms with Gasteiger partial charge in [-0.15, -0.1) is 0 Å². The van der Waals surface area contributed by atoms with Gasteiger partial charge in [0.05, 0.1) is 10.6 Å². The lowest BCUT2D eigenvalue weighted by atomic mass is 10.1. The highest BCUT2D eigenvalue weighted by molar-refractivity contribution is 7.92. The second-order valence-corrected chi connectivity index (χ2v) is 9.81. The number of sulfonamides is 1. The minimum atomic E-state index is -3.90. The number of carbonyl (C=O) groups excluding carboxylic acids is 1. The number of benzene rings is 2. The third-order valence-corrected chi connectivity index (χ3v) is 7.28. The SMILES string of the molecule is Cc1cc(Cl)ccc1N(CC(=O)NC1CCCCCC1)S(=O)(=O)c1ccccc1. The number of nitrogens with one attached hydrogen (secondary N) is 1. The zero-order valence-electron chi connectivity index (χ0n) is 16.6. The molecule has 29 heavy (non-hydrogen) atoms. The maximum atomic E-state index is 13.4. The molecule has 156 valence electrons. The second kappa shape index (κ2) is 9.63. The van der Waals surface area contributed by atoms with Gasteiger partial charge in [-0.3, -0.25) is 9.10 Å². The minimum Gasteiger partial charge on any atom is -0.352 e. The summed E-state index contributed by atoms with van der Waals surface area (Å²) in [5.74, 6) is -0.286. The Hall–Kier alpha value is -2.05. The average molecular weight is 435 g/mol. The first-order chi connectivity index (χ1) is 13.9. The molecule has 0 heterocycles. The van der Waals surface area contributed by atoms with E-state index in [1.54, 1.807) is 43.3 Å². The van der Waals surface area contributed by atoms with Crippen LogP contribution in [0, 0.1) is 6.92 Å². The summed E-state index contributed by atoms with van der Waals surface area (Å²) in [7, 11) is -3.90. The molecule has 0 aromatic heterocycles. The van der Waals surface area contributed by atoms with Gasteiger partial charge in [-0.05, 0) is 55.7 Å². The van der Waals surface area contributed by atoms with Crippen molar-refractivity contribution < 1.29 is 13.2 Å². The number of hydrogen-bond acceptors (Lipinski definition) is 3. The first-order valence-electron chi connectivity index (χ1n) is 10.0. The molecule has 0 radical (unpaired) electrons. The lowest BCUT2D eigenvalue weighted by molar-refractivity contribution is -0.120. The van der Waals surface area contributed by atoms with Crippen molar-refractivity contribution in [3.63, 3.8) is 0 Å². The van der Waals surface area contributed by atoms with E-state index in [0.29, 0.717) is 16.3 Å². The normalized spacial score (nSPS) is 15.5. The largest absolute Gasteiger partial charge is 0.352 e. The molecule has 2 aromatic rings. The average Bonchev–Trinajstić information content (AvgIpc) is 2.96. The second-order valence-electron chi connectivity index (χ2n) is 7.51. The van der Waals surface area contributed by atoms with E-state index < -0.39 is 10.0 Å². The van der Waals surface area contributed by atoms with Gasteiger partial charge in [0.25, 0.3) is 10.0 Å². The van der Waals surface area contributed by atoms with Gasteiger partial charge >= 0.3 is 0 Å². The summed E-state index contributed by atoms with van der Waals surface area (Å²) in [4.78, 5) is 13.0. The van der Waals surface area contributed by atoms with E-state index in [1.165, 1.54) is 29.3 Å². The van der Waals surface area contributed by atoms with Gasteiger partial charge < -0.3 is 5.32 Å². The minimum absolute atomic E-state index is 0.109. The Labute approximate surface area is 178 Å².